The van der Waals surface area contributed by atoms with Gasteiger partial charge in [-0.05, 0) is 89.9 Å². The molecule has 80 heavy (non-hydrogen) atoms. The van der Waals surface area contributed by atoms with Gasteiger partial charge in [0.05, 0.1) is 27.7 Å². The number of phosphoric acid groups is 1. The Balaban J connectivity index is 3.96. The fraction of sp³-hybridized carbons (Fsp3) is 0.771. The number of unbranched alkanes of at least 4 members (excludes halogenated alkanes) is 33. The van der Waals surface area contributed by atoms with Crippen molar-refractivity contribution in [2.45, 2.75) is 302 Å². The first kappa shape index (κ1) is 77.2. The van der Waals surface area contributed by atoms with Crippen molar-refractivity contribution in [3.8, 4) is 0 Å². The third-order valence-corrected chi connectivity index (χ3v) is 15.4. The topological polar surface area (TPSA) is 111 Å². The maximum atomic E-state index is 12.8. The van der Waals surface area contributed by atoms with Crippen molar-refractivity contribution >= 4 is 19.8 Å². The fourth-order valence-electron chi connectivity index (χ4n) is 9.30. The summed E-state index contributed by atoms with van der Waals surface area (Å²) in [5.41, 5.74) is 0. The molecule has 0 spiro atoms. The van der Waals surface area contributed by atoms with Gasteiger partial charge in [0.25, 0.3) is 7.82 Å². The monoisotopic (exact) mass is 1140 g/mol. The minimum atomic E-state index is -4.64. The summed E-state index contributed by atoms with van der Waals surface area (Å²) < 4.78 is 34.2. The van der Waals surface area contributed by atoms with E-state index in [2.05, 4.69) is 98.9 Å². The molecule has 10 heteroatoms. The van der Waals surface area contributed by atoms with Crippen molar-refractivity contribution < 1.29 is 42.1 Å². The number of phosphoric ester groups is 1. The molecule has 0 aliphatic carbocycles. The van der Waals surface area contributed by atoms with Crippen LogP contribution in [0.1, 0.15) is 296 Å². The van der Waals surface area contributed by atoms with Gasteiger partial charge in [0, 0.05) is 12.8 Å². The zero-order valence-corrected chi connectivity index (χ0v) is 53.7. The Kier molecular flexibility index (Phi) is 58.6. The number of nitrogens with zero attached hydrogens (tertiary/aromatic N) is 1. The minimum absolute atomic E-state index is 0.0317. The standard InChI is InChI=1S/C70H126NO8P/c1-6-8-10-12-14-16-18-20-22-24-25-26-27-28-29-30-31-32-33-34-35-36-37-38-39-40-41-42-43-44-45-47-49-51-53-55-57-59-61-63-70(73)79-68(67-78-80(74,75)77-65-64-71(3,4)5)66-76-69(72)62-60-58-56-54-52-50-48-46-23-21-19-17-15-13-11-9-7-2/h8,10,14,16,20-23,25-26,28-29,31-32,68H,6-7,9,11-13,15,17-19,24,27,30,33-67H2,1-5H3/b10-8-,16-14-,22-20-,23-21-,26-25-,29-28-,32-31-. The van der Waals surface area contributed by atoms with E-state index in [0.29, 0.717) is 17.4 Å². The zero-order valence-electron chi connectivity index (χ0n) is 52.8. The number of ether oxygens (including phenoxy) is 2. The van der Waals surface area contributed by atoms with Crippen LogP contribution in [0, 0.1) is 0 Å². The number of likely N-dealkylation sites (N-methyl/N-ethyl adjacent to an activating group) is 1. The molecule has 9 nitrogen and oxygen atoms in total. The van der Waals surface area contributed by atoms with E-state index in [0.717, 1.165) is 89.9 Å². The summed E-state index contributed by atoms with van der Waals surface area (Å²) in [5.74, 6) is -0.828. The molecule has 0 amide bonds. The lowest BCUT2D eigenvalue weighted by atomic mass is 10.0. The summed E-state index contributed by atoms with van der Waals surface area (Å²) in [6.07, 6.45) is 82.3. The van der Waals surface area contributed by atoms with Crippen LogP contribution in [-0.2, 0) is 32.7 Å². The van der Waals surface area contributed by atoms with Crippen LogP contribution >= 0.6 is 7.82 Å². The molecule has 0 aromatic rings. The van der Waals surface area contributed by atoms with Gasteiger partial charge in [-0.1, -0.05) is 279 Å². The molecular formula is C70H126NO8P. The van der Waals surface area contributed by atoms with Gasteiger partial charge in [0.2, 0.25) is 0 Å². The van der Waals surface area contributed by atoms with Gasteiger partial charge in [-0.25, -0.2) is 0 Å². The maximum Gasteiger partial charge on any atom is 0.306 e. The van der Waals surface area contributed by atoms with Crippen LogP contribution in [0.4, 0.5) is 0 Å². The average molecular weight is 1140 g/mol. The molecule has 0 aromatic carbocycles. The number of quaternary nitrogens is 1. The molecular weight excluding hydrogens is 1010 g/mol. The molecule has 0 fully saturated rings. The number of allylic oxidation sites excluding steroid dienone is 14. The SMILES string of the molecule is CC/C=C\C/C=C\C/C=C\C/C=C\C/C=C\C/C=C\CCCCCCCCCCCCCCCCCCCCCCC(=O)OC(COC(=O)CCCCCCCCC/C=C\CCCCCCCC)COP(=O)([O-])OCC[N+](C)(C)C. The summed E-state index contributed by atoms with van der Waals surface area (Å²) in [7, 11) is 1.17. The van der Waals surface area contributed by atoms with Crippen LogP contribution in [0.2, 0.25) is 0 Å². The third-order valence-electron chi connectivity index (χ3n) is 14.4. The van der Waals surface area contributed by atoms with E-state index in [9.17, 15) is 19.0 Å². The van der Waals surface area contributed by atoms with Crippen LogP contribution in [0.3, 0.4) is 0 Å². The van der Waals surface area contributed by atoms with E-state index in [4.69, 9.17) is 18.5 Å². The summed E-state index contributed by atoms with van der Waals surface area (Å²) >= 11 is 0. The molecule has 0 aliphatic heterocycles. The first-order chi connectivity index (χ1) is 39.0. The van der Waals surface area contributed by atoms with Crippen LogP contribution in [-0.4, -0.2) is 70.0 Å². The lowest BCUT2D eigenvalue weighted by Gasteiger charge is -2.28. The van der Waals surface area contributed by atoms with Gasteiger partial charge >= 0.3 is 11.9 Å². The Labute approximate surface area is 494 Å². The molecule has 0 bridgehead atoms. The van der Waals surface area contributed by atoms with Crippen molar-refractivity contribution in [3.63, 3.8) is 0 Å². The lowest BCUT2D eigenvalue weighted by Crippen LogP contribution is -2.37. The van der Waals surface area contributed by atoms with E-state index in [1.165, 1.54) is 173 Å². The number of rotatable bonds is 61. The van der Waals surface area contributed by atoms with Gasteiger partial charge in [-0.15, -0.1) is 0 Å². The number of carbonyl (C=O) groups excluding carboxylic acids is 2. The molecule has 0 radical (unpaired) electrons. The summed E-state index contributed by atoms with van der Waals surface area (Å²) in [6, 6.07) is 0. The number of esters is 2. The van der Waals surface area contributed by atoms with Crippen molar-refractivity contribution in [3.05, 3.63) is 85.1 Å². The first-order valence-electron chi connectivity index (χ1n) is 33.3. The highest BCUT2D eigenvalue weighted by molar-refractivity contribution is 7.45. The predicted octanol–water partition coefficient (Wildman–Crippen LogP) is 20.7. The molecule has 0 aliphatic rings. The molecule has 464 valence electrons. The highest BCUT2D eigenvalue weighted by Gasteiger charge is 2.22. The summed E-state index contributed by atoms with van der Waals surface area (Å²) in [5, 5.41) is 0. The van der Waals surface area contributed by atoms with E-state index in [1.54, 1.807) is 0 Å². The van der Waals surface area contributed by atoms with Crippen LogP contribution in [0.25, 0.3) is 0 Å². The molecule has 2 atom stereocenters. The second-order valence-electron chi connectivity index (χ2n) is 23.5. The van der Waals surface area contributed by atoms with E-state index in [1.807, 2.05) is 21.1 Å². The fourth-order valence-corrected chi connectivity index (χ4v) is 10.0. The number of hydrogen-bond donors (Lipinski definition) is 0. The Bertz CT molecular complexity index is 1630. The summed E-state index contributed by atoms with van der Waals surface area (Å²) in [6.45, 7) is 4.14. The Morgan fingerprint density at radius 3 is 1.07 bits per heavy atom. The second-order valence-corrected chi connectivity index (χ2v) is 24.9. The molecule has 0 saturated carbocycles. The smallest absolute Gasteiger partial charge is 0.306 e. The maximum absolute atomic E-state index is 12.8. The molecule has 0 aromatic heterocycles. The molecule has 0 saturated heterocycles. The Hall–Kier alpha value is -2.81. The van der Waals surface area contributed by atoms with Crippen LogP contribution < -0.4 is 4.89 Å². The first-order valence-corrected chi connectivity index (χ1v) is 34.8. The van der Waals surface area contributed by atoms with E-state index >= 15 is 0 Å². The van der Waals surface area contributed by atoms with Crippen LogP contribution in [0.5, 0.6) is 0 Å². The van der Waals surface area contributed by atoms with Gasteiger partial charge in [0.15, 0.2) is 6.10 Å². The van der Waals surface area contributed by atoms with E-state index in [-0.39, 0.29) is 32.0 Å². The largest absolute Gasteiger partial charge is 0.756 e. The van der Waals surface area contributed by atoms with Gasteiger partial charge in [-0.2, -0.15) is 0 Å². The number of carbonyl (C=O) groups is 2. The predicted molar refractivity (Wildman–Crippen MR) is 342 cm³/mol. The second kappa shape index (κ2) is 60.8. The minimum Gasteiger partial charge on any atom is -0.756 e. The van der Waals surface area contributed by atoms with Crippen molar-refractivity contribution in [1.29, 1.82) is 0 Å². The molecule has 0 rings (SSSR count). The molecule has 2 unspecified atom stereocenters. The zero-order chi connectivity index (χ0) is 58.4. The molecule has 0 heterocycles. The highest BCUT2D eigenvalue weighted by atomic mass is 31.2. The van der Waals surface area contributed by atoms with E-state index < -0.39 is 26.5 Å². The van der Waals surface area contributed by atoms with Crippen molar-refractivity contribution in [1.82, 2.24) is 0 Å². The van der Waals surface area contributed by atoms with Crippen LogP contribution in [0.15, 0.2) is 85.1 Å². The lowest BCUT2D eigenvalue weighted by molar-refractivity contribution is -0.870. The van der Waals surface area contributed by atoms with Gasteiger partial charge < -0.3 is 27.9 Å². The third kappa shape index (κ3) is 64.4. The van der Waals surface area contributed by atoms with Crippen molar-refractivity contribution in [2.75, 3.05) is 47.5 Å². The Morgan fingerprint density at radius 2 is 0.713 bits per heavy atom. The van der Waals surface area contributed by atoms with Gasteiger partial charge in [-0.3, -0.25) is 14.2 Å². The normalized spacial score (nSPS) is 13.7. The van der Waals surface area contributed by atoms with Gasteiger partial charge in [0.1, 0.15) is 19.8 Å². The summed E-state index contributed by atoms with van der Waals surface area (Å²) in [4.78, 5) is 37.9. The van der Waals surface area contributed by atoms with Crippen molar-refractivity contribution in [2.24, 2.45) is 0 Å². The molecule has 0 N–H and O–H groups in total. The highest BCUT2D eigenvalue weighted by Crippen LogP contribution is 2.38. The average Bonchev–Trinajstić information content (AvgIpc) is 3.42. The Morgan fingerprint density at radius 1 is 0.400 bits per heavy atom. The quantitative estimate of drug-likeness (QED) is 0.0195. The number of hydrogen-bond acceptors (Lipinski definition) is 8.